The molecular weight excluding hydrogens is 492 g/mol. The number of aromatic nitrogens is 2. The van der Waals surface area contributed by atoms with Gasteiger partial charge < -0.3 is 9.80 Å². The molecule has 1 atom stereocenters. The van der Waals surface area contributed by atoms with E-state index in [0.29, 0.717) is 23.5 Å². The number of carbonyl (C=O) groups is 2. The van der Waals surface area contributed by atoms with Crippen molar-refractivity contribution in [3.8, 4) is 6.19 Å². The van der Waals surface area contributed by atoms with Gasteiger partial charge in [-0.1, -0.05) is 24.3 Å². The maximum Gasteiger partial charge on any atom is 0.261 e. The van der Waals surface area contributed by atoms with Crippen molar-refractivity contribution in [3.05, 3.63) is 83.6 Å². The first-order valence-electron chi connectivity index (χ1n) is 13.0. The van der Waals surface area contributed by atoms with E-state index in [1.165, 1.54) is 6.42 Å². The fourth-order valence-electron chi connectivity index (χ4n) is 6.13. The highest BCUT2D eigenvalue weighted by Crippen LogP contribution is 2.41. The summed E-state index contributed by atoms with van der Waals surface area (Å²) >= 11 is 0. The molecule has 10 heteroatoms. The third-order valence-electron chi connectivity index (χ3n) is 7.80. The number of benzene rings is 1. The lowest BCUT2D eigenvalue weighted by molar-refractivity contribution is -0.123. The molecule has 0 spiro atoms. The van der Waals surface area contributed by atoms with E-state index in [1.807, 2.05) is 48.9 Å². The fraction of sp³-hybridized carbons (Fsp3) is 0.241. The zero-order valence-electron chi connectivity index (χ0n) is 21.0. The molecule has 0 radical (unpaired) electrons. The Hall–Kier alpha value is -5.04. The number of carbonyl (C=O) groups excluding carboxylic acids is 2. The number of nitrogens with zero attached hydrogens (tertiary/aromatic N) is 7. The molecule has 10 nitrogen and oxygen atoms in total. The summed E-state index contributed by atoms with van der Waals surface area (Å²) < 4.78 is 1.79. The SMILES string of the molecule is N#CN=C(C1Cc2cccc3c2N1C=CN=C3C1=C(c2cnc3ccccn23)C(=O)NC1=O)N1CCCCC1. The molecule has 192 valence electrons. The molecule has 1 saturated heterocycles. The van der Waals surface area contributed by atoms with Crippen LogP contribution in [0.25, 0.3) is 11.2 Å². The number of para-hydroxylation sites is 1. The Labute approximate surface area is 224 Å². The summed E-state index contributed by atoms with van der Waals surface area (Å²) in [6.45, 7) is 1.74. The van der Waals surface area contributed by atoms with Crippen LogP contribution in [0, 0.1) is 11.5 Å². The van der Waals surface area contributed by atoms with Crippen molar-refractivity contribution in [2.75, 3.05) is 18.0 Å². The molecule has 3 aromatic rings. The summed E-state index contributed by atoms with van der Waals surface area (Å²) in [5.41, 5.74) is 4.81. The summed E-state index contributed by atoms with van der Waals surface area (Å²) in [4.78, 5) is 44.2. The van der Waals surface area contributed by atoms with Crippen LogP contribution in [0.4, 0.5) is 5.69 Å². The van der Waals surface area contributed by atoms with Gasteiger partial charge in [0.2, 0.25) is 6.19 Å². The molecule has 1 N–H and O–H groups in total. The summed E-state index contributed by atoms with van der Waals surface area (Å²) in [6.07, 6.45) is 13.0. The fourth-order valence-corrected chi connectivity index (χ4v) is 6.13. The molecule has 7 rings (SSSR count). The molecular formula is C29H24N8O2. The first-order chi connectivity index (χ1) is 19.2. The van der Waals surface area contributed by atoms with Crippen LogP contribution < -0.4 is 10.2 Å². The van der Waals surface area contributed by atoms with Crippen molar-refractivity contribution in [2.45, 2.75) is 31.7 Å². The summed E-state index contributed by atoms with van der Waals surface area (Å²) in [5.74, 6) is -0.215. The van der Waals surface area contributed by atoms with E-state index in [4.69, 9.17) is 4.99 Å². The number of pyridine rings is 1. The van der Waals surface area contributed by atoms with Crippen LogP contribution in [0.2, 0.25) is 0 Å². The van der Waals surface area contributed by atoms with Gasteiger partial charge in [-0.25, -0.2) is 4.98 Å². The minimum Gasteiger partial charge on any atom is -0.358 e. The smallest absolute Gasteiger partial charge is 0.261 e. The lowest BCUT2D eigenvalue weighted by atomic mass is 9.94. The summed E-state index contributed by atoms with van der Waals surface area (Å²) in [6, 6.07) is 11.3. The van der Waals surface area contributed by atoms with Gasteiger partial charge in [-0.3, -0.25) is 24.3 Å². The topological polar surface area (TPSA) is 118 Å². The second kappa shape index (κ2) is 9.06. The molecule has 2 amide bonds. The normalized spacial score (nSPS) is 20.7. The van der Waals surface area contributed by atoms with Crippen molar-refractivity contribution in [1.29, 1.82) is 5.26 Å². The van der Waals surface area contributed by atoms with Crippen molar-refractivity contribution >= 4 is 40.3 Å². The summed E-state index contributed by atoms with van der Waals surface area (Å²) in [7, 11) is 0. The Morgan fingerprint density at radius 1 is 1.05 bits per heavy atom. The van der Waals surface area contributed by atoms with Crippen LogP contribution >= 0.6 is 0 Å². The van der Waals surface area contributed by atoms with Crippen molar-refractivity contribution in [1.82, 2.24) is 19.6 Å². The number of hydrogen-bond acceptors (Lipinski definition) is 7. The number of imidazole rings is 1. The summed E-state index contributed by atoms with van der Waals surface area (Å²) in [5, 5.41) is 12.0. The molecule has 2 aromatic heterocycles. The predicted octanol–water partition coefficient (Wildman–Crippen LogP) is 2.81. The van der Waals surface area contributed by atoms with Crippen molar-refractivity contribution in [3.63, 3.8) is 0 Å². The van der Waals surface area contributed by atoms with E-state index in [9.17, 15) is 14.9 Å². The third kappa shape index (κ3) is 3.58. The largest absolute Gasteiger partial charge is 0.358 e. The maximum atomic E-state index is 13.3. The van der Waals surface area contributed by atoms with Crippen LogP contribution in [0.1, 0.15) is 36.1 Å². The minimum absolute atomic E-state index is 0.170. The first kappa shape index (κ1) is 23.1. The number of rotatable bonds is 3. The lowest BCUT2D eigenvalue weighted by Crippen LogP contribution is -2.47. The van der Waals surface area contributed by atoms with Gasteiger partial charge in [0.15, 0.2) is 0 Å². The van der Waals surface area contributed by atoms with E-state index in [2.05, 4.69) is 31.2 Å². The molecule has 4 aliphatic heterocycles. The molecule has 6 heterocycles. The number of hydrogen-bond donors (Lipinski definition) is 1. The predicted molar refractivity (Wildman–Crippen MR) is 146 cm³/mol. The Morgan fingerprint density at radius 3 is 2.74 bits per heavy atom. The highest BCUT2D eigenvalue weighted by Gasteiger charge is 2.41. The molecule has 1 fully saturated rings. The van der Waals surface area contributed by atoms with Crippen LogP contribution in [0.5, 0.6) is 0 Å². The number of anilines is 1. The van der Waals surface area contributed by atoms with E-state index in [0.717, 1.165) is 48.6 Å². The maximum absolute atomic E-state index is 13.3. The van der Waals surface area contributed by atoms with Crippen LogP contribution in [-0.2, 0) is 16.0 Å². The highest BCUT2D eigenvalue weighted by molar-refractivity contribution is 6.47. The number of amides is 2. The van der Waals surface area contributed by atoms with E-state index < -0.39 is 11.8 Å². The molecule has 4 aliphatic rings. The number of aliphatic imine (C=N–C) groups is 2. The van der Waals surface area contributed by atoms with Gasteiger partial charge in [-0.2, -0.15) is 10.3 Å². The van der Waals surface area contributed by atoms with Crippen LogP contribution in [0.15, 0.2) is 76.7 Å². The first-order valence-corrected chi connectivity index (χ1v) is 13.0. The molecule has 39 heavy (non-hydrogen) atoms. The van der Waals surface area contributed by atoms with Gasteiger partial charge >= 0.3 is 0 Å². The van der Waals surface area contributed by atoms with Gasteiger partial charge in [0.1, 0.15) is 11.5 Å². The number of nitrogens with one attached hydrogen (secondary N) is 1. The second-order valence-corrected chi connectivity index (χ2v) is 9.94. The van der Waals surface area contributed by atoms with Crippen LogP contribution in [-0.4, -0.2) is 56.8 Å². The van der Waals surface area contributed by atoms with E-state index in [-0.39, 0.29) is 17.2 Å². The van der Waals surface area contributed by atoms with Gasteiger partial charge in [0.05, 0.1) is 40.5 Å². The molecule has 0 aliphatic carbocycles. The number of likely N-dealkylation sites (tertiary alicyclic amines) is 1. The number of fused-ring (bicyclic) bond motifs is 1. The monoisotopic (exact) mass is 516 g/mol. The van der Waals surface area contributed by atoms with Crippen molar-refractivity contribution in [2.24, 2.45) is 9.98 Å². The Balaban J connectivity index is 1.36. The Kier molecular flexibility index (Phi) is 5.37. The average molecular weight is 517 g/mol. The zero-order chi connectivity index (χ0) is 26.5. The Morgan fingerprint density at radius 2 is 1.90 bits per heavy atom. The standard InChI is InChI=1S/C29H24N8O2/c30-17-33-27(35-11-3-1-4-12-35)20-15-18-7-6-8-19-25(31-10-14-37(20)26(18)19)24-23(28(38)34-29(24)39)21-16-32-22-9-2-5-13-36(21)22/h2,5-10,13-14,16,20H,1,3-4,11-12,15H2,(H,34,38,39). The Bertz CT molecular complexity index is 1710. The number of piperidine rings is 1. The number of nitriles is 1. The van der Waals surface area contributed by atoms with Crippen molar-refractivity contribution < 1.29 is 9.59 Å². The minimum atomic E-state index is -0.492. The van der Waals surface area contributed by atoms with Crippen LogP contribution in [0.3, 0.4) is 0 Å². The quantitative estimate of drug-likeness (QED) is 0.248. The van der Waals surface area contributed by atoms with Gasteiger partial charge in [0.25, 0.3) is 11.8 Å². The highest BCUT2D eigenvalue weighted by atomic mass is 16.2. The second-order valence-electron chi connectivity index (χ2n) is 9.94. The molecule has 1 unspecified atom stereocenters. The van der Waals surface area contributed by atoms with E-state index >= 15 is 0 Å². The molecule has 1 aromatic carbocycles. The third-order valence-corrected chi connectivity index (χ3v) is 7.80. The van der Waals surface area contributed by atoms with Gasteiger partial charge in [0, 0.05) is 43.7 Å². The number of amidine groups is 1. The van der Waals surface area contributed by atoms with E-state index in [1.54, 1.807) is 16.8 Å². The molecule has 0 saturated carbocycles. The molecule has 0 bridgehead atoms. The lowest BCUT2D eigenvalue weighted by Gasteiger charge is -2.35. The number of imide groups is 1. The van der Waals surface area contributed by atoms with Gasteiger partial charge in [-0.05, 0) is 37.0 Å². The van der Waals surface area contributed by atoms with Gasteiger partial charge in [-0.15, -0.1) is 0 Å². The zero-order valence-corrected chi connectivity index (χ0v) is 21.0. The average Bonchev–Trinajstić information content (AvgIpc) is 3.58.